The lowest BCUT2D eigenvalue weighted by Gasteiger charge is -2.27. The predicted molar refractivity (Wildman–Crippen MR) is 143 cm³/mol. The number of methoxy groups -OCH3 is 1. The van der Waals surface area contributed by atoms with Crippen molar-refractivity contribution in [3.8, 4) is 5.75 Å². The lowest BCUT2D eigenvalue weighted by molar-refractivity contribution is -0.120. The number of nitrogens with one attached hydrogen (secondary N) is 1. The van der Waals surface area contributed by atoms with Crippen LogP contribution >= 0.6 is 11.6 Å². The molecular formula is C28H31ClN2O4S. The zero-order chi connectivity index (χ0) is 25.7. The molecule has 1 aliphatic carbocycles. The summed E-state index contributed by atoms with van der Waals surface area (Å²) in [5, 5.41) is 3.38. The van der Waals surface area contributed by atoms with E-state index in [1.165, 1.54) is 49.3 Å². The minimum absolute atomic E-state index is 0.0709. The molecule has 0 fully saturated rings. The molecule has 0 saturated carbocycles. The minimum Gasteiger partial charge on any atom is -0.495 e. The van der Waals surface area contributed by atoms with Crippen LogP contribution < -0.4 is 14.4 Å². The SMILES string of the molecule is CC[C@H](NC(=O)CN(c1cc(Cl)ccc1OC)S(=O)(=O)c1ccccc1)c1ccc2c(c1)CCCC2. The van der Waals surface area contributed by atoms with Crippen molar-refractivity contribution in [1.29, 1.82) is 0 Å². The topological polar surface area (TPSA) is 75.7 Å². The van der Waals surface area contributed by atoms with E-state index in [2.05, 4.69) is 23.5 Å². The highest BCUT2D eigenvalue weighted by Crippen LogP contribution is 2.35. The molecule has 6 nitrogen and oxygen atoms in total. The van der Waals surface area contributed by atoms with Gasteiger partial charge in [0, 0.05) is 5.02 Å². The van der Waals surface area contributed by atoms with Crippen molar-refractivity contribution in [2.45, 2.75) is 50.0 Å². The zero-order valence-electron chi connectivity index (χ0n) is 20.5. The molecule has 1 amide bonds. The quantitative estimate of drug-likeness (QED) is 0.388. The van der Waals surface area contributed by atoms with Crippen molar-refractivity contribution in [1.82, 2.24) is 5.32 Å². The number of hydrogen-bond donors (Lipinski definition) is 1. The van der Waals surface area contributed by atoms with Gasteiger partial charge in [-0.1, -0.05) is 54.9 Å². The Morgan fingerprint density at radius 1 is 1.03 bits per heavy atom. The second-order valence-corrected chi connectivity index (χ2v) is 11.2. The minimum atomic E-state index is -4.08. The van der Waals surface area contributed by atoms with Crippen LogP contribution in [0.25, 0.3) is 0 Å². The summed E-state index contributed by atoms with van der Waals surface area (Å²) in [7, 11) is -2.64. The third-order valence-electron chi connectivity index (χ3n) is 6.55. The van der Waals surface area contributed by atoms with Crippen LogP contribution in [0.2, 0.25) is 5.02 Å². The number of fused-ring (bicyclic) bond motifs is 1. The number of anilines is 1. The average molecular weight is 527 g/mol. The second kappa shape index (κ2) is 11.4. The monoisotopic (exact) mass is 526 g/mol. The van der Waals surface area contributed by atoms with Crippen molar-refractivity contribution >= 4 is 33.2 Å². The Morgan fingerprint density at radius 2 is 1.75 bits per heavy atom. The Morgan fingerprint density at radius 3 is 2.44 bits per heavy atom. The fraction of sp³-hybridized carbons (Fsp3) is 0.321. The summed E-state index contributed by atoms with van der Waals surface area (Å²) in [5.74, 6) is -0.116. The fourth-order valence-electron chi connectivity index (χ4n) is 4.64. The number of hydrogen-bond acceptors (Lipinski definition) is 4. The lowest BCUT2D eigenvalue weighted by Crippen LogP contribution is -2.42. The third-order valence-corrected chi connectivity index (χ3v) is 8.56. The van der Waals surface area contributed by atoms with Crippen molar-refractivity contribution in [2.75, 3.05) is 18.0 Å². The van der Waals surface area contributed by atoms with E-state index < -0.39 is 22.5 Å². The first kappa shape index (κ1) is 26.0. The molecule has 1 atom stereocenters. The van der Waals surface area contributed by atoms with Crippen molar-refractivity contribution in [3.63, 3.8) is 0 Å². The second-order valence-electron chi connectivity index (χ2n) is 8.90. The summed E-state index contributed by atoms with van der Waals surface area (Å²) in [5.41, 5.74) is 3.94. The molecule has 1 N–H and O–H groups in total. The van der Waals surface area contributed by atoms with Crippen LogP contribution in [0.4, 0.5) is 5.69 Å². The Bertz CT molecular complexity index is 1330. The predicted octanol–water partition coefficient (Wildman–Crippen LogP) is 5.69. The molecule has 0 heterocycles. The number of sulfonamides is 1. The van der Waals surface area contributed by atoms with Gasteiger partial charge in [0.15, 0.2) is 0 Å². The number of rotatable bonds is 9. The summed E-state index contributed by atoms with van der Waals surface area (Å²) in [6.07, 6.45) is 5.19. The smallest absolute Gasteiger partial charge is 0.264 e. The molecule has 0 aliphatic heterocycles. The normalized spacial score (nSPS) is 14.0. The fourth-order valence-corrected chi connectivity index (χ4v) is 6.25. The van der Waals surface area contributed by atoms with Crippen LogP contribution in [-0.4, -0.2) is 28.0 Å². The molecule has 1 aliphatic rings. The highest BCUT2D eigenvalue weighted by molar-refractivity contribution is 7.92. The molecule has 8 heteroatoms. The van der Waals surface area contributed by atoms with E-state index in [9.17, 15) is 13.2 Å². The maximum Gasteiger partial charge on any atom is 0.264 e. The largest absolute Gasteiger partial charge is 0.495 e. The van der Waals surface area contributed by atoms with Gasteiger partial charge in [-0.15, -0.1) is 0 Å². The van der Waals surface area contributed by atoms with Crippen molar-refractivity contribution in [2.24, 2.45) is 0 Å². The summed E-state index contributed by atoms with van der Waals surface area (Å²) in [6, 6.07) is 18.9. The van der Waals surface area contributed by atoms with Gasteiger partial charge in [0.2, 0.25) is 5.91 Å². The maximum atomic E-state index is 13.7. The van der Waals surface area contributed by atoms with Crippen molar-refractivity contribution < 1.29 is 17.9 Å². The van der Waals surface area contributed by atoms with Gasteiger partial charge in [-0.2, -0.15) is 0 Å². The van der Waals surface area contributed by atoms with Crippen LogP contribution in [-0.2, 0) is 27.7 Å². The van der Waals surface area contributed by atoms with Gasteiger partial charge in [0.25, 0.3) is 10.0 Å². The van der Waals surface area contributed by atoms with Crippen LogP contribution in [0, 0.1) is 0 Å². The van der Waals surface area contributed by atoms with Gasteiger partial charge in [0.05, 0.1) is 23.7 Å². The van der Waals surface area contributed by atoms with Gasteiger partial charge in [0.1, 0.15) is 12.3 Å². The molecule has 0 saturated heterocycles. The standard InChI is InChI=1S/C28H31ClN2O4S/c1-3-25(22-14-13-20-9-7-8-10-21(20)17-22)30-28(32)19-31(26-18-23(29)15-16-27(26)35-2)36(33,34)24-11-5-4-6-12-24/h4-6,11-18,25H,3,7-10,19H2,1-2H3,(H,30,32)/t25-/m0/s1. The molecule has 3 aromatic carbocycles. The summed E-state index contributed by atoms with van der Waals surface area (Å²) in [4.78, 5) is 13.4. The Labute approximate surface area is 218 Å². The third kappa shape index (κ3) is 5.68. The first-order chi connectivity index (χ1) is 17.3. The zero-order valence-corrected chi connectivity index (χ0v) is 22.1. The maximum absolute atomic E-state index is 13.7. The number of ether oxygens (including phenoxy) is 1. The van der Waals surface area contributed by atoms with Gasteiger partial charge in [-0.25, -0.2) is 8.42 Å². The molecule has 0 unspecified atom stereocenters. The first-order valence-electron chi connectivity index (χ1n) is 12.2. The van der Waals surface area contributed by atoms with E-state index in [1.54, 1.807) is 30.3 Å². The van der Waals surface area contributed by atoms with Crippen molar-refractivity contribution in [3.05, 3.63) is 88.4 Å². The van der Waals surface area contributed by atoms with Crippen LogP contribution in [0.1, 0.15) is 48.9 Å². The van der Waals surface area contributed by atoms with E-state index >= 15 is 0 Å². The number of nitrogens with zero attached hydrogens (tertiary/aromatic N) is 1. The van der Waals surface area contributed by atoms with Gasteiger partial charge >= 0.3 is 0 Å². The van der Waals surface area contributed by atoms with E-state index in [0.29, 0.717) is 17.2 Å². The molecule has 36 heavy (non-hydrogen) atoms. The Hall–Kier alpha value is -3.03. The number of aryl methyl sites for hydroxylation is 2. The highest BCUT2D eigenvalue weighted by Gasteiger charge is 2.30. The van der Waals surface area contributed by atoms with Crippen LogP contribution in [0.5, 0.6) is 5.75 Å². The van der Waals surface area contributed by atoms with E-state index in [-0.39, 0.29) is 16.6 Å². The molecule has 4 rings (SSSR count). The molecular weight excluding hydrogens is 496 g/mol. The first-order valence-corrected chi connectivity index (χ1v) is 14.0. The number of carbonyl (C=O) groups excluding carboxylic acids is 1. The Kier molecular flexibility index (Phi) is 8.21. The molecule has 0 bridgehead atoms. The molecule has 0 aromatic heterocycles. The molecule has 0 radical (unpaired) electrons. The van der Waals surface area contributed by atoms with Gasteiger partial charge in [-0.05, 0) is 79.1 Å². The number of carbonyl (C=O) groups is 1. The molecule has 190 valence electrons. The van der Waals surface area contributed by atoms with Crippen LogP contribution in [0.15, 0.2) is 71.6 Å². The number of halogens is 1. The van der Waals surface area contributed by atoms with E-state index in [0.717, 1.165) is 22.7 Å². The van der Waals surface area contributed by atoms with Gasteiger partial charge in [-0.3, -0.25) is 9.10 Å². The number of benzene rings is 3. The number of amides is 1. The highest BCUT2D eigenvalue weighted by atomic mass is 35.5. The lowest BCUT2D eigenvalue weighted by atomic mass is 9.89. The summed E-state index contributed by atoms with van der Waals surface area (Å²) in [6.45, 7) is 1.58. The van der Waals surface area contributed by atoms with E-state index in [1.807, 2.05) is 6.92 Å². The van der Waals surface area contributed by atoms with Gasteiger partial charge < -0.3 is 10.1 Å². The average Bonchev–Trinajstić information content (AvgIpc) is 2.90. The molecule has 0 spiro atoms. The summed E-state index contributed by atoms with van der Waals surface area (Å²) < 4.78 is 33.8. The van der Waals surface area contributed by atoms with E-state index in [4.69, 9.17) is 16.3 Å². The van der Waals surface area contributed by atoms with Crippen LogP contribution in [0.3, 0.4) is 0 Å². The molecule has 3 aromatic rings. The summed E-state index contributed by atoms with van der Waals surface area (Å²) >= 11 is 6.22. The Balaban J connectivity index is 1.64.